The van der Waals surface area contributed by atoms with Crippen LogP contribution in [0.3, 0.4) is 0 Å². The predicted molar refractivity (Wildman–Crippen MR) is 100 cm³/mol. The van der Waals surface area contributed by atoms with Crippen LogP contribution in [0.4, 0.5) is 0 Å². The molecule has 6 nitrogen and oxygen atoms in total. The number of fused-ring (bicyclic) bond motifs is 1. The van der Waals surface area contributed by atoms with Gasteiger partial charge < -0.3 is 14.5 Å². The Morgan fingerprint density at radius 1 is 1.07 bits per heavy atom. The van der Waals surface area contributed by atoms with Crippen LogP contribution in [0.2, 0.25) is 0 Å². The highest BCUT2D eigenvalue weighted by Gasteiger charge is 2.10. The number of ether oxygens (including phenoxy) is 1. The fourth-order valence-electron chi connectivity index (χ4n) is 2.66. The third kappa shape index (κ3) is 4.82. The second-order valence-electron chi connectivity index (χ2n) is 6.12. The van der Waals surface area contributed by atoms with Crippen molar-refractivity contribution in [3.63, 3.8) is 0 Å². The van der Waals surface area contributed by atoms with Gasteiger partial charge in [-0.3, -0.25) is 9.59 Å². The number of aryl methyl sites for hydroxylation is 1. The molecule has 0 aliphatic carbocycles. The normalized spacial score (nSPS) is 10.6. The van der Waals surface area contributed by atoms with Gasteiger partial charge in [-0.2, -0.15) is 0 Å². The standard InChI is InChI=1S/C21H19NO5/c1-14-7-8-17-16(12-20(24)27-18(17)11-14)13-26-19(23)9-10-22-21(25)15-5-3-2-4-6-15/h2-8,11-12H,9-10,13H2,1H3,(H,22,25). The zero-order valence-electron chi connectivity index (χ0n) is 14.9. The molecule has 0 radical (unpaired) electrons. The van der Waals surface area contributed by atoms with Gasteiger partial charge in [0.15, 0.2) is 0 Å². The van der Waals surface area contributed by atoms with Crippen molar-refractivity contribution in [1.29, 1.82) is 0 Å². The van der Waals surface area contributed by atoms with E-state index in [1.807, 2.05) is 25.1 Å². The average Bonchev–Trinajstić information content (AvgIpc) is 2.66. The summed E-state index contributed by atoms with van der Waals surface area (Å²) in [5.74, 6) is -0.706. The Kier molecular flexibility index (Phi) is 5.66. The molecule has 2 aromatic carbocycles. The first-order valence-electron chi connectivity index (χ1n) is 8.55. The van der Waals surface area contributed by atoms with Gasteiger partial charge in [0.05, 0.1) is 6.42 Å². The van der Waals surface area contributed by atoms with Crippen LogP contribution < -0.4 is 10.9 Å². The molecule has 0 unspecified atom stereocenters. The van der Waals surface area contributed by atoms with Gasteiger partial charge in [0.2, 0.25) is 0 Å². The van der Waals surface area contributed by atoms with Gasteiger partial charge in [-0.25, -0.2) is 4.79 Å². The first kappa shape index (κ1) is 18.4. The summed E-state index contributed by atoms with van der Waals surface area (Å²) in [6, 6.07) is 15.6. The van der Waals surface area contributed by atoms with Crippen LogP contribution in [0.1, 0.15) is 27.9 Å². The molecule has 1 amide bonds. The lowest BCUT2D eigenvalue weighted by molar-refractivity contribution is -0.144. The van der Waals surface area contributed by atoms with Crippen molar-refractivity contribution >= 4 is 22.8 Å². The molecule has 3 aromatic rings. The topological polar surface area (TPSA) is 85.6 Å². The van der Waals surface area contributed by atoms with Crippen molar-refractivity contribution in [3.05, 3.63) is 81.7 Å². The van der Waals surface area contributed by atoms with Crippen LogP contribution in [0, 0.1) is 6.92 Å². The second-order valence-corrected chi connectivity index (χ2v) is 6.12. The lowest BCUT2D eigenvalue weighted by Gasteiger charge is -2.08. The van der Waals surface area contributed by atoms with Crippen LogP contribution in [0.25, 0.3) is 11.0 Å². The Bertz CT molecular complexity index is 1020. The monoisotopic (exact) mass is 365 g/mol. The zero-order chi connectivity index (χ0) is 19.2. The van der Waals surface area contributed by atoms with Crippen molar-refractivity contribution in [2.75, 3.05) is 6.54 Å². The summed E-state index contributed by atoms with van der Waals surface area (Å²) in [6.45, 7) is 2.04. The van der Waals surface area contributed by atoms with Gasteiger partial charge in [-0.05, 0) is 30.7 Å². The second kappa shape index (κ2) is 8.31. The number of benzene rings is 2. The number of esters is 1. The van der Waals surface area contributed by atoms with E-state index in [2.05, 4.69) is 5.32 Å². The number of carbonyl (C=O) groups is 2. The number of hydrogen-bond donors (Lipinski definition) is 1. The maximum absolute atomic E-state index is 11.9. The van der Waals surface area contributed by atoms with E-state index in [1.165, 1.54) is 6.07 Å². The summed E-state index contributed by atoms with van der Waals surface area (Å²) in [7, 11) is 0. The Labute approximate surface area is 155 Å². The maximum atomic E-state index is 11.9. The Balaban J connectivity index is 1.54. The fourth-order valence-corrected chi connectivity index (χ4v) is 2.66. The third-order valence-corrected chi connectivity index (χ3v) is 4.03. The molecule has 0 aliphatic rings. The first-order chi connectivity index (χ1) is 13.0. The highest BCUT2D eigenvalue weighted by molar-refractivity contribution is 5.94. The SMILES string of the molecule is Cc1ccc2c(COC(=O)CCNC(=O)c3ccccc3)cc(=O)oc2c1. The lowest BCUT2D eigenvalue weighted by atomic mass is 10.1. The molecule has 0 spiro atoms. The Morgan fingerprint density at radius 3 is 2.63 bits per heavy atom. The maximum Gasteiger partial charge on any atom is 0.336 e. The van der Waals surface area contributed by atoms with E-state index in [-0.39, 0.29) is 25.5 Å². The van der Waals surface area contributed by atoms with Crippen LogP contribution >= 0.6 is 0 Å². The highest BCUT2D eigenvalue weighted by Crippen LogP contribution is 2.19. The average molecular weight is 365 g/mol. The summed E-state index contributed by atoms with van der Waals surface area (Å²) < 4.78 is 10.4. The minimum absolute atomic E-state index is 0.0311. The minimum Gasteiger partial charge on any atom is -0.461 e. The van der Waals surface area contributed by atoms with Crippen LogP contribution in [0.15, 0.2) is 63.8 Å². The lowest BCUT2D eigenvalue weighted by Crippen LogP contribution is -2.26. The molecule has 0 saturated carbocycles. The highest BCUT2D eigenvalue weighted by atomic mass is 16.5. The van der Waals surface area contributed by atoms with Crippen LogP contribution in [0.5, 0.6) is 0 Å². The van der Waals surface area contributed by atoms with Crippen molar-refractivity contribution in [2.45, 2.75) is 20.0 Å². The summed E-state index contributed by atoms with van der Waals surface area (Å²) >= 11 is 0. The Morgan fingerprint density at radius 2 is 1.85 bits per heavy atom. The molecule has 138 valence electrons. The quantitative estimate of drug-likeness (QED) is 0.536. The molecule has 0 fully saturated rings. The number of carbonyl (C=O) groups excluding carboxylic acids is 2. The van der Waals surface area contributed by atoms with E-state index in [9.17, 15) is 14.4 Å². The van der Waals surface area contributed by atoms with Crippen molar-refractivity contribution in [3.8, 4) is 0 Å². The molecule has 0 bridgehead atoms. The predicted octanol–water partition coefficient (Wildman–Crippen LogP) is 2.96. The number of nitrogens with one attached hydrogen (secondary N) is 1. The van der Waals surface area contributed by atoms with E-state index >= 15 is 0 Å². The fraction of sp³-hybridized carbons (Fsp3) is 0.190. The van der Waals surface area contributed by atoms with E-state index in [0.29, 0.717) is 16.7 Å². The van der Waals surface area contributed by atoms with Crippen molar-refractivity contribution in [2.24, 2.45) is 0 Å². The number of rotatable bonds is 6. The Hall–Kier alpha value is -3.41. The van der Waals surface area contributed by atoms with Crippen LogP contribution in [-0.4, -0.2) is 18.4 Å². The summed E-state index contributed by atoms with van der Waals surface area (Å²) in [5.41, 5.74) is 2.05. The van der Waals surface area contributed by atoms with E-state index in [4.69, 9.17) is 9.15 Å². The van der Waals surface area contributed by atoms with E-state index in [0.717, 1.165) is 10.9 Å². The molecule has 0 saturated heterocycles. The van der Waals surface area contributed by atoms with E-state index in [1.54, 1.807) is 30.3 Å². The molecule has 3 rings (SSSR count). The molecule has 1 aromatic heterocycles. The van der Waals surface area contributed by atoms with Gasteiger partial charge in [0, 0.05) is 29.1 Å². The van der Waals surface area contributed by atoms with Gasteiger partial charge in [-0.1, -0.05) is 30.3 Å². The smallest absolute Gasteiger partial charge is 0.336 e. The minimum atomic E-state index is -0.491. The molecule has 27 heavy (non-hydrogen) atoms. The number of amides is 1. The number of hydrogen-bond acceptors (Lipinski definition) is 5. The van der Waals surface area contributed by atoms with Gasteiger partial charge in [0.25, 0.3) is 5.91 Å². The molecule has 1 heterocycles. The van der Waals surface area contributed by atoms with Crippen molar-refractivity contribution in [1.82, 2.24) is 5.32 Å². The molecular formula is C21H19NO5. The molecule has 6 heteroatoms. The van der Waals surface area contributed by atoms with Crippen LogP contribution in [-0.2, 0) is 16.1 Å². The van der Waals surface area contributed by atoms with Gasteiger partial charge >= 0.3 is 11.6 Å². The van der Waals surface area contributed by atoms with Gasteiger partial charge in [-0.15, -0.1) is 0 Å². The molecule has 1 N–H and O–H groups in total. The third-order valence-electron chi connectivity index (χ3n) is 4.03. The molecular weight excluding hydrogens is 346 g/mol. The van der Waals surface area contributed by atoms with Gasteiger partial charge in [0.1, 0.15) is 12.2 Å². The molecule has 0 atom stereocenters. The molecule has 0 aliphatic heterocycles. The summed E-state index contributed by atoms with van der Waals surface area (Å²) in [5, 5.41) is 3.40. The summed E-state index contributed by atoms with van der Waals surface area (Å²) in [6.07, 6.45) is 0.0387. The van der Waals surface area contributed by atoms with E-state index < -0.39 is 11.6 Å². The summed E-state index contributed by atoms with van der Waals surface area (Å²) in [4.78, 5) is 35.5. The first-order valence-corrected chi connectivity index (χ1v) is 8.55. The zero-order valence-corrected chi connectivity index (χ0v) is 14.9. The van der Waals surface area contributed by atoms with Crippen molar-refractivity contribution < 1.29 is 18.7 Å². The largest absolute Gasteiger partial charge is 0.461 e.